The SMILES string of the molecule is O=C(Nc1ccc2oc(-c3cc(Br)ccc3Cl)nc2c1)c1ccc(-c2ccccc2[N+](=O)[O-])o1. The largest absolute Gasteiger partial charge is 0.451 e. The van der Waals surface area contributed by atoms with Gasteiger partial charge in [-0.2, -0.15) is 0 Å². The Bertz CT molecular complexity index is 1580. The number of nitro groups is 1. The zero-order valence-corrected chi connectivity index (χ0v) is 19.5. The fourth-order valence-corrected chi connectivity index (χ4v) is 3.98. The molecule has 3 aromatic carbocycles. The number of hydrogen-bond acceptors (Lipinski definition) is 6. The van der Waals surface area contributed by atoms with Crippen molar-refractivity contribution in [3.63, 3.8) is 0 Å². The van der Waals surface area contributed by atoms with Crippen molar-refractivity contribution in [1.82, 2.24) is 4.98 Å². The molecule has 0 radical (unpaired) electrons. The number of fused-ring (bicyclic) bond motifs is 1. The maximum Gasteiger partial charge on any atom is 0.291 e. The Morgan fingerprint density at radius 2 is 1.82 bits per heavy atom. The highest BCUT2D eigenvalue weighted by atomic mass is 79.9. The minimum absolute atomic E-state index is 0.00927. The number of oxazole rings is 1. The number of rotatable bonds is 5. The molecule has 0 aliphatic rings. The molecular formula is C24H13BrClN3O5. The topological polar surface area (TPSA) is 111 Å². The quantitative estimate of drug-likeness (QED) is 0.185. The molecule has 5 aromatic rings. The summed E-state index contributed by atoms with van der Waals surface area (Å²) >= 11 is 9.68. The molecule has 0 saturated heterocycles. The number of nitrogens with one attached hydrogen (secondary N) is 1. The summed E-state index contributed by atoms with van der Waals surface area (Å²) in [5.41, 5.74) is 2.35. The van der Waals surface area contributed by atoms with Crippen LogP contribution in [0.1, 0.15) is 10.6 Å². The minimum Gasteiger partial charge on any atom is -0.451 e. The van der Waals surface area contributed by atoms with Gasteiger partial charge in [-0.1, -0.05) is 39.7 Å². The molecule has 0 bridgehead atoms. The van der Waals surface area contributed by atoms with Crippen molar-refractivity contribution in [2.45, 2.75) is 0 Å². The third kappa shape index (κ3) is 4.18. The number of halogens is 2. The van der Waals surface area contributed by atoms with Crippen LogP contribution < -0.4 is 5.32 Å². The van der Waals surface area contributed by atoms with Crippen LogP contribution in [0.5, 0.6) is 0 Å². The van der Waals surface area contributed by atoms with Crippen molar-refractivity contribution in [2.24, 2.45) is 0 Å². The molecule has 34 heavy (non-hydrogen) atoms. The highest BCUT2D eigenvalue weighted by Gasteiger charge is 2.20. The van der Waals surface area contributed by atoms with Gasteiger partial charge in [-0.15, -0.1) is 0 Å². The first-order chi connectivity index (χ1) is 16.4. The number of carbonyl (C=O) groups is 1. The third-order valence-corrected chi connectivity index (χ3v) is 5.82. The predicted octanol–water partition coefficient (Wildman–Crippen LogP) is 7.33. The lowest BCUT2D eigenvalue weighted by Crippen LogP contribution is -2.10. The van der Waals surface area contributed by atoms with E-state index in [1.54, 1.807) is 48.5 Å². The predicted molar refractivity (Wildman–Crippen MR) is 131 cm³/mol. The van der Waals surface area contributed by atoms with Gasteiger partial charge >= 0.3 is 0 Å². The lowest BCUT2D eigenvalue weighted by atomic mass is 10.1. The first-order valence-corrected chi connectivity index (χ1v) is 11.1. The Hall–Kier alpha value is -3.95. The van der Waals surface area contributed by atoms with Gasteiger partial charge in [-0.3, -0.25) is 14.9 Å². The number of nitro benzene ring substituents is 1. The summed E-state index contributed by atoms with van der Waals surface area (Å²) < 4.78 is 12.2. The number of aromatic nitrogens is 1. The van der Waals surface area contributed by atoms with E-state index in [2.05, 4.69) is 26.2 Å². The average molecular weight is 539 g/mol. The van der Waals surface area contributed by atoms with Crippen molar-refractivity contribution >= 4 is 55.9 Å². The van der Waals surface area contributed by atoms with Gasteiger partial charge in [0.2, 0.25) is 5.89 Å². The number of amides is 1. The molecule has 2 heterocycles. The van der Waals surface area contributed by atoms with Crippen molar-refractivity contribution in [1.29, 1.82) is 0 Å². The molecule has 0 unspecified atom stereocenters. The normalized spacial score (nSPS) is 11.0. The van der Waals surface area contributed by atoms with E-state index in [0.717, 1.165) is 4.47 Å². The Morgan fingerprint density at radius 1 is 1.00 bits per heavy atom. The molecule has 10 heteroatoms. The van der Waals surface area contributed by atoms with Crippen molar-refractivity contribution in [3.05, 3.63) is 98.2 Å². The van der Waals surface area contributed by atoms with Crippen LogP contribution in [0, 0.1) is 10.1 Å². The minimum atomic E-state index is -0.511. The van der Waals surface area contributed by atoms with E-state index in [1.807, 2.05) is 6.07 Å². The molecule has 0 fully saturated rings. The smallest absolute Gasteiger partial charge is 0.291 e. The van der Waals surface area contributed by atoms with Crippen molar-refractivity contribution in [3.8, 4) is 22.8 Å². The first-order valence-electron chi connectivity index (χ1n) is 9.90. The van der Waals surface area contributed by atoms with E-state index in [1.165, 1.54) is 18.2 Å². The van der Waals surface area contributed by atoms with E-state index in [-0.39, 0.29) is 22.8 Å². The molecule has 0 aliphatic carbocycles. The van der Waals surface area contributed by atoms with Crippen molar-refractivity contribution in [2.75, 3.05) is 5.32 Å². The van der Waals surface area contributed by atoms with E-state index in [9.17, 15) is 14.9 Å². The first kappa shape index (κ1) is 21.9. The Kier molecular flexibility index (Phi) is 5.64. The summed E-state index contributed by atoms with van der Waals surface area (Å²) in [5, 5.41) is 14.5. The summed E-state index contributed by atoms with van der Waals surface area (Å²) in [6.45, 7) is 0. The zero-order valence-electron chi connectivity index (χ0n) is 17.1. The van der Waals surface area contributed by atoms with E-state index < -0.39 is 10.8 Å². The van der Waals surface area contributed by atoms with Crippen LogP contribution in [0.25, 0.3) is 33.9 Å². The van der Waals surface area contributed by atoms with Crippen LogP contribution in [-0.2, 0) is 0 Å². The molecule has 2 aromatic heterocycles. The number of benzene rings is 3. The van der Waals surface area contributed by atoms with Gasteiger partial charge in [0.25, 0.3) is 11.6 Å². The Balaban J connectivity index is 1.39. The number of hydrogen-bond donors (Lipinski definition) is 1. The number of anilines is 1. The maximum absolute atomic E-state index is 12.7. The van der Waals surface area contributed by atoms with Crippen molar-refractivity contribution < 1.29 is 18.6 Å². The molecular weight excluding hydrogens is 526 g/mol. The van der Waals surface area contributed by atoms with Crippen LogP contribution in [-0.4, -0.2) is 15.8 Å². The Morgan fingerprint density at radius 3 is 2.65 bits per heavy atom. The van der Waals surface area contributed by atoms with Crippen LogP contribution >= 0.6 is 27.5 Å². The van der Waals surface area contributed by atoms with Crippen LogP contribution in [0.2, 0.25) is 5.02 Å². The number of furan rings is 1. The van der Waals surface area contributed by atoms with Gasteiger partial charge in [-0.05, 0) is 54.6 Å². The zero-order chi connectivity index (χ0) is 23.8. The molecule has 0 spiro atoms. The second kappa shape index (κ2) is 8.77. The molecule has 5 rings (SSSR count). The third-order valence-electron chi connectivity index (χ3n) is 5.00. The van der Waals surface area contributed by atoms with Gasteiger partial charge in [0, 0.05) is 16.2 Å². The van der Waals surface area contributed by atoms with Gasteiger partial charge in [-0.25, -0.2) is 4.98 Å². The summed E-state index contributed by atoms with van der Waals surface area (Å²) in [6, 6.07) is 19.5. The fraction of sp³-hybridized carbons (Fsp3) is 0. The highest BCUT2D eigenvalue weighted by Crippen LogP contribution is 2.34. The fourth-order valence-electron chi connectivity index (χ4n) is 3.42. The maximum atomic E-state index is 12.7. The monoisotopic (exact) mass is 537 g/mol. The number of carbonyl (C=O) groups excluding carboxylic acids is 1. The van der Waals surface area contributed by atoms with Crippen LogP contribution in [0.4, 0.5) is 11.4 Å². The van der Waals surface area contributed by atoms with E-state index in [4.69, 9.17) is 20.4 Å². The van der Waals surface area contributed by atoms with Crippen LogP contribution in [0.3, 0.4) is 0 Å². The van der Waals surface area contributed by atoms with Gasteiger partial charge in [0.15, 0.2) is 11.3 Å². The average Bonchev–Trinajstić information content (AvgIpc) is 3.48. The summed E-state index contributed by atoms with van der Waals surface area (Å²) in [5.74, 6) is 0.0720. The second-order valence-corrected chi connectivity index (χ2v) is 8.54. The van der Waals surface area contributed by atoms with Gasteiger partial charge < -0.3 is 14.2 Å². The van der Waals surface area contributed by atoms with Crippen LogP contribution in [0.15, 0.2) is 86.1 Å². The molecule has 0 aliphatic heterocycles. The van der Waals surface area contributed by atoms with E-state index >= 15 is 0 Å². The van der Waals surface area contributed by atoms with E-state index in [0.29, 0.717) is 33.3 Å². The molecule has 168 valence electrons. The Labute approximate surface area is 205 Å². The van der Waals surface area contributed by atoms with Gasteiger partial charge in [0.05, 0.1) is 21.1 Å². The summed E-state index contributed by atoms with van der Waals surface area (Å²) in [4.78, 5) is 28.0. The molecule has 1 amide bonds. The highest BCUT2D eigenvalue weighted by molar-refractivity contribution is 9.10. The van der Waals surface area contributed by atoms with Gasteiger partial charge in [0.1, 0.15) is 11.3 Å². The molecule has 8 nitrogen and oxygen atoms in total. The summed E-state index contributed by atoms with van der Waals surface area (Å²) in [6.07, 6.45) is 0. The number of para-hydroxylation sites is 1. The molecule has 0 saturated carbocycles. The number of nitrogens with zero attached hydrogens (tertiary/aromatic N) is 2. The lowest BCUT2D eigenvalue weighted by Gasteiger charge is -2.03. The molecule has 0 atom stereocenters. The lowest BCUT2D eigenvalue weighted by molar-refractivity contribution is -0.384. The standard InChI is InChI=1S/C24H13BrClN3O5/c25-13-5-7-17(26)16(11-13)24-28-18-12-14(6-8-21(18)34-24)27-23(30)22-10-9-20(33-22)15-3-1-2-4-19(15)29(31)32/h1-12H,(H,27,30). The second-order valence-electron chi connectivity index (χ2n) is 7.22. The molecule has 1 N–H and O–H groups in total. The summed E-state index contributed by atoms with van der Waals surface area (Å²) in [7, 11) is 0.